The normalized spacial score (nSPS) is 12.4. The summed E-state index contributed by atoms with van der Waals surface area (Å²) in [5.41, 5.74) is 3.44. The molecule has 0 radical (unpaired) electrons. The Kier molecular flexibility index (Phi) is 4.16. The average molecular weight is 260 g/mol. The van der Waals surface area contributed by atoms with Crippen molar-refractivity contribution in [2.24, 2.45) is 0 Å². The monoisotopic (exact) mass is 260 g/mol. The minimum atomic E-state index is 0.0628. The van der Waals surface area contributed by atoms with E-state index >= 15 is 0 Å². The van der Waals surface area contributed by atoms with Gasteiger partial charge in [-0.3, -0.25) is 0 Å². The smallest absolute Gasteiger partial charge is 0.320 e. The predicted octanol–water partition coefficient (Wildman–Crippen LogP) is 3.10. The van der Waals surface area contributed by atoms with Gasteiger partial charge in [0.1, 0.15) is 0 Å². The lowest BCUT2D eigenvalue weighted by molar-refractivity contribution is 0.430. The second-order valence-electron chi connectivity index (χ2n) is 4.65. The first-order chi connectivity index (χ1) is 9.10. The van der Waals surface area contributed by atoms with Gasteiger partial charge in [0, 0.05) is 5.69 Å². The molecule has 0 aliphatic rings. The third kappa shape index (κ3) is 3.32. The van der Waals surface area contributed by atoms with E-state index in [1.807, 2.05) is 19.9 Å². The van der Waals surface area contributed by atoms with Crippen LogP contribution in [0.1, 0.15) is 36.9 Å². The molecule has 0 saturated heterocycles. The number of hydrogen-bond acceptors (Lipinski definition) is 5. The van der Waals surface area contributed by atoms with Crippen LogP contribution >= 0.6 is 0 Å². The molecule has 5 heteroatoms. The van der Waals surface area contributed by atoms with Crippen molar-refractivity contribution in [2.75, 3.05) is 11.9 Å². The van der Waals surface area contributed by atoms with Gasteiger partial charge in [0.05, 0.1) is 6.04 Å². The van der Waals surface area contributed by atoms with Gasteiger partial charge in [-0.15, -0.1) is 5.10 Å². The summed E-state index contributed by atoms with van der Waals surface area (Å²) in [6.45, 7) is 9.07. The van der Waals surface area contributed by atoms with Gasteiger partial charge in [-0.25, -0.2) is 0 Å². The van der Waals surface area contributed by atoms with Crippen LogP contribution in [0, 0.1) is 13.8 Å². The van der Waals surface area contributed by atoms with E-state index < -0.39 is 0 Å². The van der Waals surface area contributed by atoms with Crippen LogP contribution in [0.5, 0.6) is 0 Å². The molecule has 102 valence electrons. The molecule has 2 N–H and O–H groups in total. The first kappa shape index (κ1) is 13.5. The number of nitrogens with zero attached hydrogens (tertiary/aromatic N) is 2. The molecule has 0 saturated carbocycles. The molecule has 0 amide bonds. The molecule has 0 spiro atoms. The van der Waals surface area contributed by atoms with Gasteiger partial charge in [0.2, 0.25) is 5.89 Å². The van der Waals surface area contributed by atoms with E-state index in [2.05, 4.69) is 46.8 Å². The SMILES string of the molecule is CCNC(C)c1nnc(Nc2ccc(C)c(C)c2)o1. The molecule has 0 fully saturated rings. The third-order valence-corrected chi connectivity index (χ3v) is 3.08. The van der Waals surface area contributed by atoms with Gasteiger partial charge in [-0.1, -0.05) is 18.1 Å². The molecule has 1 aromatic heterocycles. The summed E-state index contributed by atoms with van der Waals surface area (Å²) in [6, 6.07) is 6.61. The summed E-state index contributed by atoms with van der Waals surface area (Å²) >= 11 is 0. The van der Waals surface area contributed by atoms with Gasteiger partial charge in [-0.05, 0) is 50.6 Å². The van der Waals surface area contributed by atoms with Crippen molar-refractivity contribution in [1.29, 1.82) is 0 Å². The van der Waals surface area contributed by atoms with E-state index in [0.717, 1.165) is 12.2 Å². The standard InChI is InChI=1S/C14H20N4O/c1-5-15-11(4)13-17-18-14(19-13)16-12-7-6-9(2)10(3)8-12/h6-8,11,15H,5H2,1-4H3,(H,16,18). The Hall–Kier alpha value is -1.88. The fraction of sp³-hybridized carbons (Fsp3) is 0.429. The van der Waals surface area contributed by atoms with Crippen molar-refractivity contribution >= 4 is 11.7 Å². The number of benzene rings is 1. The van der Waals surface area contributed by atoms with Crippen molar-refractivity contribution in [3.8, 4) is 0 Å². The number of aromatic nitrogens is 2. The highest BCUT2D eigenvalue weighted by molar-refractivity contribution is 5.54. The maximum atomic E-state index is 5.58. The average Bonchev–Trinajstić information content (AvgIpc) is 2.83. The maximum Gasteiger partial charge on any atom is 0.320 e. The second-order valence-corrected chi connectivity index (χ2v) is 4.65. The summed E-state index contributed by atoms with van der Waals surface area (Å²) in [5, 5.41) is 14.4. The second kappa shape index (κ2) is 5.84. The molecule has 2 rings (SSSR count). The summed E-state index contributed by atoms with van der Waals surface area (Å²) in [7, 11) is 0. The van der Waals surface area contributed by atoms with E-state index in [1.54, 1.807) is 0 Å². The molecule has 1 heterocycles. The largest absolute Gasteiger partial charge is 0.406 e. The van der Waals surface area contributed by atoms with Crippen molar-refractivity contribution < 1.29 is 4.42 Å². The fourth-order valence-corrected chi connectivity index (χ4v) is 1.80. The summed E-state index contributed by atoms with van der Waals surface area (Å²) in [5.74, 6) is 0.591. The highest BCUT2D eigenvalue weighted by atomic mass is 16.4. The topological polar surface area (TPSA) is 63.0 Å². The van der Waals surface area contributed by atoms with Gasteiger partial charge in [-0.2, -0.15) is 0 Å². The minimum Gasteiger partial charge on any atom is -0.406 e. The molecule has 19 heavy (non-hydrogen) atoms. The lowest BCUT2D eigenvalue weighted by Crippen LogP contribution is -2.17. The molecule has 0 bridgehead atoms. The highest BCUT2D eigenvalue weighted by Crippen LogP contribution is 2.20. The van der Waals surface area contributed by atoms with E-state index in [1.165, 1.54) is 11.1 Å². The van der Waals surface area contributed by atoms with Gasteiger partial charge in [0.25, 0.3) is 0 Å². The minimum absolute atomic E-state index is 0.0628. The number of hydrogen-bond donors (Lipinski definition) is 2. The zero-order chi connectivity index (χ0) is 13.8. The zero-order valence-corrected chi connectivity index (χ0v) is 11.8. The maximum absolute atomic E-state index is 5.58. The van der Waals surface area contributed by atoms with E-state index in [-0.39, 0.29) is 6.04 Å². The Bertz CT molecular complexity index is 550. The van der Waals surface area contributed by atoms with Crippen molar-refractivity contribution in [1.82, 2.24) is 15.5 Å². The van der Waals surface area contributed by atoms with Gasteiger partial charge < -0.3 is 15.1 Å². The summed E-state index contributed by atoms with van der Waals surface area (Å²) in [4.78, 5) is 0. The van der Waals surface area contributed by atoms with Crippen LogP contribution in [0.25, 0.3) is 0 Å². The Balaban J connectivity index is 2.09. The van der Waals surface area contributed by atoms with Gasteiger partial charge >= 0.3 is 6.01 Å². The van der Waals surface area contributed by atoms with E-state index in [4.69, 9.17) is 4.42 Å². The molecule has 5 nitrogen and oxygen atoms in total. The Morgan fingerprint density at radius 1 is 1.21 bits per heavy atom. The number of nitrogens with one attached hydrogen (secondary N) is 2. The fourth-order valence-electron chi connectivity index (χ4n) is 1.80. The van der Waals surface area contributed by atoms with E-state index in [0.29, 0.717) is 11.9 Å². The van der Waals surface area contributed by atoms with Crippen LogP contribution in [0.3, 0.4) is 0 Å². The quantitative estimate of drug-likeness (QED) is 0.865. The van der Waals surface area contributed by atoms with Crippen LogP contribution in [0.15, 0.2) is 22.6 Å². The lowest BCUT2D eigenvalue weighted by Gasteiger charge is -2.06. The number of aryl methyl sites for hydroxylation is 2. The van der Waals surface area contributed by atoms with Crippen LogP contribution < -0.4 is 10.6 Å². The molecule has 0 aliphatic carbocycles. The first-order valence-corrected chi connectivity index (χ1v) is 6.51. The Labute approximate surface area is 113 Å². The molecule has 2 aromatic rings. The number of anilines is 2. The molecular weight excluding hydrogens is 240 g/mol. The van der Waals surface area contributed by atoms with Crippen LogP contribution in [0.4, 0.5) is 11.7 Å². The molecule has 1 unspecified atom stereocenters. The summed E-state index contributed by atoms with van der Waals surface area (Å²) in [6.07, 6.45) is 0. The van der Waals surface area contributed by atoms with Crippen molar-refractivity contribution in [2.45, 2.75) is 33.7 Å². The third-order valence-electron chi connectivity index (χ3n) is 3.08. The molecule has 0 aliphatic heterocycles. The zero-order valence-electron chi connectivity index (χ0n) is 11.8. The van der Waals surface area contributed by atoms with Crippen molar-refractivity contribution in [3.63, 3.8) is 0 Å². The first-order valence-electron chi connectivity index (χ1n) is 6.51. The number of rotatable bonds is 5. The van der Waals surface area contributed by atoms with Crippen LogP contribution in [-0.4, -0.2) is 16.7 Å². The summed E-state index contributed by atoms with van der Waals surface area (Å²) < 4.78 is 5.58. The molecular formula is C14H20N4O. The predicted molar refractivity (Wildman–Crippen MR) is 75.6 cm³/mol. The van der Waals surface area contributed by atoms with Crippen LogP contribution in [0.2, 0.25) is 0 Å². The molecule has 1 aromatic carbocycles. The highest BCUT2D eigenvalue weighted by Gasteiger charge is 2.12. The molecule has 1 atom stereocenters. The van der Waals surface area contributed by atoms with Gasteiger partial charge in [0.15, 0.2) is 0 Å². The lowest BCUT2D eigenvalue weighted by atomic mass is 10.1. The van der Waals surface area contributed by atoms with Crippen molar-refractivity contribution in [3.05, 3.63) is 35.2 Å². The Morgan fingerprint density at radius 2 is 2.00 bits per heavy atom. The van der Waals surface area contributed by atoms with Crippen LogP contribution in [-0.2, 0) is 0 Å². The Morgan fingerprint density at radius 3 is 2.68 bits per heavy atom. The van der Waals surface area contributed by atoms with E-state index in [9.17, 15) is 0 Å².